The fourth-order valence-electron chi connectivity index (χ4n) is 1.53. The van der Waals surface area contributed by atoms with E-state index in [-0.39, 0.29) is 0 Å². The summed E-state index contributed by atoms with van der Waals surface area (Å²) in [6, 6.07) is 6.60. The van der Waals surface area contributed by atoms with Gasteiger partial charge in [0.2, 0.25) is 0 Å². The SMILES string of the molecule is C/C=C/C=C/C(=O)NNC(=O)c1ccc(-n2cnnn2)cc1. The highest BCUT2D eigenvalue weighted by molar-refractivity contribution is 5.97. The summed E-state index contributed by atoms with van der Waals surface area (Å²) >= 11 is 0. The Bertz CT molecular complexity index is 689. The van der Waals surface area contributed by atoms with E-state index in [0.717, 1.165) is 5.69 Å². The molecule has 1 aromatic heterocycles. The van der Waals surface area contributed by atoms with Crippen LogP contribution in [-0.2, 0) is 4.79 Å². The van der Waals surface area contributed by atoms with E-state index in [0.29, 0.717) is 5.56 Å². The van der Waals surface area contributed by atoms with Crippen LogP contribution in [0.3, 0.4) is 0 Å². The van der Waals surface area contributed by atoms with Gasteiger partial charge in [0.05, 0.1) is 5.69 Å². The maximum absolute atomic E-state index is 11.9. The first kappa shape index (κ1) is 15.1. The molecule has 8 heteroatoms. The number of benzene rings is 1. The van der Waals surface area contributed by atoms with Gasteiger partial charge in [0.25, 0.3) is 11.8 Å². The third kappa shape index (κ3) is 4.10. The van der Waals surface area contributed by atoms with Crippen LogP contribution in [0.1, 0.15) is 17.3 Å². The number of carbonyl (C=O) groups excluding carboxylic acids is 2. The standard InChI is InChI=1S/C14H14N6O2/c1-2-3-4-5-13(21)16-17-14(22)11-6-8-12(9-7-11)20-10-15-18-19-20/h2-10H,1H3,(H,16,21)(H,17,22)/b3-2+,5-4+. The second-order valence-electron chi connectivity index (χ2n) is 4.13. The molecule has 2 N–H and O–H groups in total. The molecule has 0 aliphatic carbocycles. The molecular formula is C14H14N6O2. The average molecular weight is 298 g/mol. The van der Waals surface area contributed by atoms with E-state index >= 15 is 0 Å². The second kappa shape index (κ2) is 7.48. The smallest absolute Gasteiger partial charge is 0.268 e. The van der Waals surface area contributed by atoms with Crippen LogP contribution in [0.2, 0.25) is 0 Å². The zero-order chi connectivity index (χ0) is 15.8. The minimum Gasteiger partial charge on any atom is -0.268 e. The van der Waals surface area contributed by atoms with E-state index < -0.39 is 11.8 Å². The number of tetrazole rings is 1. The lowest BCUT2D eigenvalue weighted by molar-refractivity contribution is -0.117. The number of hydrazine groups is 1. The highest BCUT2D eigenvalue weighted by atomic mass is 16.2. The summed E-state index contributed by atoms with van der Waals surface area (Å²) < 4.78 is 1.47. The van der Waals surface area contributed by atoms with Crippen molar-refractivity contribution >= 4 is 11.8 Å². The molecule has 0 bridgehead atoms. The molecule has 1 aromatic carbocycles. The van der Waals surface area contributed by atoms with Crippen LogP contribution in [0, 0.1) is 0 Å². The van der Waals surface area contributed by atoms with Gasteiger partial charge in [-0.05, 0) is 41.6 Å². The van der Waals surface area contributed by atoms with Crippen LogP contribution < -0.4 is 10.9 Å². The average Bonchev–Trinajstić information content (AvgIpc) is 3.07. The Hall–Kier alpha value is -3.29. The van der Waals surface area contributed by atoms with E-state index in [1.54, 1.807) is 42.5 Å². The fourth-order valence-corrected chi connectivity index (χ4v) is 1.53. The summed E-state index contributed by atoms with van der Waals surface area (Å²) in [5, 5.41) is 10.8. The third-order valence-electron chi connectivity index (χ3n) is 2.59. The molecule has 8 nitrogen and oxygen atoms in total. The van der Waals surface area contributed by atoms with E-state index in [2.05, 4.69) is 26.4 Å². The molecule has 2 aromatic rings. The molecule has 22 heavy (non-hydrogen) atoms. The molecule has 0 aliphatic rings. The Morgan fingerprint density at radius 3 is 2.55 bits per heavy atom. The summed E-state index contributed by atoms with van der Waals surface area (Å²) in [4.78, 5) is 23.3. The minimum absolute atomic E-state index is 0.398. The number of nitrogens with one attached hydrogen (secondary N) is 2. The number of aromatic nitrogens is 4. The first-order valence-electron chi connectivity index (χ1n) is 6.44. The van der Waals surface area contributed by atoms with E-state index in [1.807, 2.05) is 6.92 Å². The quantitative estimate of drug-likeness (QED) is 0.488. The van der Waals surface area contributed by atoms with Crippen molar-refractivity contribution < 1.29 is 9.59 Å². The number of nitrogens with zero attached hydrogens (tertiary/aromatic N) is 4. The first-order valence-corrected chi connectivity index (χ1v) is 6.44. The molecule has 0 aliphatic heterocycles. The number of allylic oxidation sites excluding steroid dienone is 3. The van der Waals surface area contributed by atoms with Crippen LogP contribution >= 0.6 is 0 Å². The topological polar surface area (TPSA) is 102 Å². The number of amides is 2. The second-order valence-corrected chi connectivity index (χ2v) is 4.13. The Balaban J connectivity index is 1.91. The van der Waals surface area contributed by atoms with Crippen LogP contribution in [0.4, 0.5) is 0 Å². The zero-order valence-electron chi connectivity index (χ0n) is 11.8. The summed E-state index contributed by atoms with van der Waals surface area (Å²) in [5.41, 5.74) is 5.72. The van der Waals surface area contributed by atoms with E-state index in [9.17, 15) is 9.59 Å². The van der Waals surface area contributed by atoms with Gasteiger partial charge in [-0.15, -0.1) is 5.10 Å². The Morgan fingerprint density at radius 2 is 1.91 bits per heavy atom. The lowest BCUT2D eigenvalue weighted by Gasteiger charge is -2.06. The van der Waals surface area contributed by atoms with Crippen molar-refractivity contribution in [2.75, 3.05) is 0 Å². The van der Waals surface area contributed by atoms with Gasteiger partial charge in [-0.3, -0.25) is 20.4 Å². The normalized spacial score (nSPS) is 11.0. The lowest BCUT2D eigenvalue weighted by Crippen LogP contribution is -2.40. The number of carbonyl (C=O) groups is 2. The van der Waals surface area contributed by atoms with Gasteiger partial charge in [0.1, 0.15) is 6.33 Å². The molecule has 0 unspecified atom stereocenters. The van der Waals surface area contributed by atoms with Gasteiger partial charge in [-0.25, -0.2) is 4.68 Å². The molecule has 0 saturated carbocycles. The van der Waals surface area contributed by atoms with E-state index in [1.165, 1.54) is 17.1 Å². The Kier molecular flexibility index (Phi) is 5.14. The molecule has 1 heterocycles. The number of hydrogen-bond donors (Lipinski definition) is 2. The summed E-state index contributed by atoms with van der Waals surface area (Å²) in [6.07, 6.45) is 7.82. The largest absolute Gasteiger partial charge is 0.269 e. The third-order valence-corrected chi connectivity index (χ3v) is 2.59. The minimum atomic E-state index is -0.420. The predicted molar refractivity (Wildman–Crippen MR) is 78.7 cm³/mol. The summed E-state index contributed by atoms with van der Waals surface area (Å²) in [6.45, 7) is 1.84. The molecule has 0 radical (unpaired) electrons. The molecule has 0 atom stereocenters. The van der Waals surface area contributed by atoms with Gasteiger partial charge in [0.15, 0.2) is 0 Å². The summed E-state index contributed by atoms with van der Waals surface area (Å²) in [7, 11) is 0. The Labute approximate surface area is 126 Å². The van der Waals surface area contributed by atoms with Gasteiger partial charge >= 0.3 is 0 Å². The van der Waals surface area contributed by atoms with Gasteiger partial charge < -0.3 is 0 Å². The van der Waals surface area contributed by atoms with Crippen molar-refractivity contribution in [2.24, 2.45) is 0 Å². The van der Waals surface area contributed by atoms with Crippen molar-refractivity contribution in [3.63, 3.8) is 0 Å². The van der Waals surface area contributed by atoms with Gasteiger partial charge in [-0.2, -0.15) is 0 Å². The molecule has 2 amide bonds. The number of rotatable bonds is 4. The van der Waals surface area contributed by atoms with Crippen molar-refractivity contribution in [1.29, 1.82) is 0 Å². The van der Waals surface area contributed by atoms with Crippen LogP contribution in [0.25, 0.3) is 5.69 Å². The van der Waals surface area contributed by atoms with Crippen molar-refractivity contribution in [1.82, 2.24) is 31.1 Å². The first-order chi connectivity index (χ1) is 10.7. The predicted octanol–water partition coefficient (Wildman–Crippen LogP) is 0.556. The zero-order valence-corrected chi connectivity index (χ0v) is 11.8. The maximum Gasteiger partial charge on any atom is 0.269 e. The monoisotopic (exact) mass is 298 g/mol. The molecular weight excluding hydrogens is 284 g/mol. The van der Waals surface area contributed by atoms with Crippen molar-refractivity contribution in [2.45, 2.75) is 6.92 Å². The van der Waals surface area contributed by atoms with Crippen LogP contribution in [0.5, 0.6) is 0 Å². The molecule has 0 spiro atoms. The summed E-state index contributed by atoms with van der Waals surface area (Å²) in [5.74, 6) is -0.840. The van der Waals surface area contributed by atoms with E-state index in [4.69, 9.17) is 0 Å². The van der Waals surface area contributed by atoms with Gasteiger partial charge in [-0.1, -0.05) is 18.2 Å². The van der Waals surface area contributed by atoms with Crippen molar-refractivity contribution in [3.8, 4) is 5.69 Å². The van der Waals surface area contributed by atoms with Crippen molar-refractivity contribution in [3.05, 3.63) is 60.5 Å². The van der Waals surface area contributed by atoms with Crippen LogP contribution in [-0.4, -0.2) is 32.0 Å². The lowest BCUT2D eigenvalue weighted by atomic mass is 10.2. The molecule has 2 rings (SSSR count). The maximum atomic E-state index is 11.9. The highest BCUT2D eigenvalue weighted by Gasteiger charge is 2.06. The van der Waals surface area contributed by atoms with Crippen LogP contribution in [0.15, 0.2) is 54.9 Å². The molecule has 0 saturated heterocycles. The molecule has 112 valence electrons. The Morgan fingerprint density at radius 1 is 1.14 bits per heavy atom. The fraction of sp³-hybridized carbons (Fsp3) is 0.0714. The van der Waals surface area contributed by atoms with Gasteiger partial charge in [0, 0.05) is 11.6 Å². The number of hydrogen-bond acceptors (Lipinski definition) is 5. The molecule has 0 fully saturated rings. The highest BCUT2D eigenvalue weighted by Crippen LogP contribution is 2.07.